The second kappa shape index (κ2) is 32.1. The lowest BCUT2D eigenvalue weighted by molar-refractivity contribution is -0.161. The second-order valence-corrected chi connectivity index (χ2v) is 14.3. The van der Waals surface area contributed by atoms with E-state index in [1.165, 1.54) is 25.7 Å². The lowest BCUT2D eigenvalue weighted by atomic mass is 10.00. The molecule has 0 heterocycles. The number of ketones is 1. The molecule has 0 fully saturated rings. The van der Waals surface area contributed by atoms with Crippen LogP contribution in [0.2, 0.25) is 0 Å². The van der Waals surface area contributed by atoms with Crippen LogP contribution in [-0.4, -0.2) is 71.5 Å². The number of ether oxygens (including phenoxy) is 2. The van der Waals surface area contributed by atoms with E-state index in [9.17, 15) is 28.9 Å². The van der Waals surface area contributed by atoms with Crippen LogP contribution in [0.5, 0.6) is 0 Å². The first kappa shape index (κ1) is 47.1. The van der Waals surface area contributed by atoms with Crippen LogP contribution >= 0.6 is 7.82 Å². The molecule has 0 bridgehead atoms. The van der Waals surface area contributed by atoms with Crippen molar-refractivity contribution in [2.75, 3.05) is 26.4 Å². The zero-order valence-corrected chi connectivity index (χ0v) is 31.5. The zero-order chi connectivity index (χ0) is 36.6. The quantitative estimate of drug-likeness (QED) is 0.0194. The summed E-state index contributed by atoms with van der Waals surface area (Å²) in [7, 11) is -4.63. The molecule has 0 spiro atoms. The van der Waals surface area contributed by atoms with Gasteiger partial charge in [0.15, 0.2) is 11.9 Å². The third-order valence-corrected chi connectivity index (χ3v) is 9.08. The molecular weight excluding hydrogens is 651 g/mol. The van der Waals surface area contributed by atoms with Crippen LogP contribution in [0.4, 0.5) is 0 Å². The third-order valence-electron chi connectivity index (χ3n) is 8.13. The van der Waals surface area contributed by atoms with Crippen LogP contribution in [0.15, 0.2) is 24.3 Å². The summed E-state index contributed by atoms with van der Waals surface area (Å²) in [5, 5.41) is 18.2. The van der Waals surface area contributed by atoms with Crippen molar-refractivity contribution in [3.05, 3.63) is 24.3 Å². The van der Waals surface area contributed by atoms with E-state index in [2.05, 4.69) is 25.3 Å². The van der Waals surface area contributed by atoms with Gasteiger partial charge in [0.2, 0.25) is 0 Å². The van der Waals surface area contributed by atoms with E-state index >= 15 is 0 Å². The van der Waals surface area contributed by atoms with Crippen molar-refractivity contribution in [1.82, 2.24) is 0 Å². The number of hydrogen-bond acceptors (Lipinski definition) is 10. The monoisotopic (exact) mass is 718 g/mol. The minimum absolute atomic E-state index is 0.134. The average molecular weight is 719 g/mol. The standard InChI is InChI=1S/C37H67O11P/c1-4-6-18-24-33(39)25-20-15-10-8-7-9-11-17-22-27-37(42)48-35(31-47-49(43,44)46-29-34(40)28-38)30-45-36(41)26-21-16-13-12-14-19-23-32(3)5-2/h10,15,20,25,32,34-35,38,40H,4-9,11-14,16-19,21-24,26-31H2,1-3H3,(H,43,44)/b15-10-,25-20+/t32?,34-,35+/m0/s1. The van der Waals surface area contributed by atoms with Gasteiger partial charge in [-0.15, -0.1) is 0 Å². The molecule has 0 aromatic rings. The lowest BCUT2D eigenvalue weighted by Crippen LogP contribution is -2.29. The predicted molar refractivity (Wildman–Crippen MR) is 192 cm³/mol. The number of carbonyl (C=O) groups is 3. The number of phosphoric acid groups is 1. The zero-order valence-electron chi connectivity index (χ0n) is 30.6. The van der Waals surface area contributed by atoms with E-state index in [1.54, 1.807) is 12.2 Å². The Hall–Kier alpha value is -1.88. The topological polar surface area (TPSA) is 166 Å². The molecule has 11 nitrogen and oxygen atoms in total. The number of hydrogen-bond donors (Lipinski definition) is 3. The first-order valence-electron chi connectivity index (χ1n) is 18.6. The molecule has 286 valence electrons. The Labute approximate surface area is 295 Å². The first-order valence-corrected chi connectivity index (χ1v) is 20.1. The van der Waals surface area contributed by atoms with E-state index < -0.39 is 51.8 Å². The highest BCUT2D eigenvalue weighted by Crippen LogP contribution is 2.43. The Morgan fingerprint density at radius 2 is 1.33 bits per heavy atom. The van der Waals surface area contributed by atoms with Crippen molar-refractivity contribution >= 4 is 25.5 Å². The number of esters is 2. The Balaban J connectivity index is 4.47. The van der Waals surface area contributed by atoms with Crippen LogP contribution in [-0.2, 0) is 37.5 Å². The van der Waals surface area contributed by atoms with E-state index in [0.717, 1.165) is 76.5 Å². The average Bonchev–Trinajstić information content (AvgIpc) is 3.08. The summed E-state index contributed by atoms with van der Waals surface area (Å²) in [6, 6.07) is 0. The maximum Gasteiger partial charge on any atom is 0.472 e. The smallest absolute Gasteiger partial charge is 0.462 e. The highest BCUT2D eigenvalue weighted by atomic mass is 31.2. The van der Waals surface area contributed by atoms with Crippen molar-refractivity contribution in [2.24, 2.45) is 5.92 Å². The molecular formula is C37H67O11P. The summed E-state index contributed by atoms with van der Waals surface area (Å²) in [6.07, 6.45) is 22.9. The largest absolute Gasteiger partial charge is 0.472 e. The van der Waals surface area contributed by atoms with E-state index in [4.69, 9.17) is 19.1 Å². The fraction of sp³-hybridized carbons (Fsp3) is 0.811. The highest BCUT2D eigenvalue weighted by Gasteiger charge is 2.27. The number of carbonyl (C=O) groups excluding carboxylic acids is 3. The molecule has 0 saturated heterocycles. The molecule has 0 amide bonds. The van der Waals surface area contributed by atoms with Gasteiger partial charge in [-0.25, -0.2) is 4.57 Å². The molecule has 0 saturated carbocycles. The van der Waals surface area contributed by atoms with Crippen molar-refractivity contribution in [2.45, 2.75) is 161 Å². The number of phosphoric ester groups is 1. The molecule has 0 aromatic heterocycles. The molecule has 0 aliphatic heterocycles. The van der Waals surface area contributed by atoms with Gasteiger partial charge in [0, 0.05) is 19.3 Å². The number of allylic oxidation sites excluding steroid dienone is 4. The first-order chi connectivity index (χ1) is 23.5. The Bertz CT molecular complexity index is 953. The molecule has 0 rings (SSSR count). The van der Waals surface area contributed by atoms with Gasteiger partial charge in [-0.1, -0.05) is 116 Å². The van der Waals surface area contributed by atoms with E-state index in [1.807, 2.05) is 12.2 Å². The summed E-state index contributed by atoms with van der Waals surface area (Å²) in [5.74, 6) is -0.0649. The minimum atomic E-state index is -4.63. The maximum absolute atomic E-state index is 12.5. The summed E-state index contributed by atoms with van der Waals surface area (Å²) < 4.78 is 32.5. The number of rotatable bonds is 34. The van der Waals surface area contributed by atoms with Crippen LogP contribution in [0.25, 0.3) is 0 Å². The van der Waals surface area contributed by atoms with Crippen molar-refractivity contribution in [1.29, 1.82) is 0 Å². The second-order valence-electron chi connectivity index (χ2n) is 12.9. The predicted octanol–water partition coefficient (Wildman–Crippen LogP) is 8.09. The molecule has 0 aliphatic rings. The third kappa shape index (κ3) is 31.8. The van der Waals surface area contributed by atoms with Crippen molar-refractivity contribution < 1.29 is 52.6 Å². The molecule has 0 radical (unpaired) electrons. The van der Waals surface area contributed by atoms with E-state index in [-0.39, 0.29) is 25.2 Å². The number of unbranched alkanes of at least 4 members (excludes halogenated alkanes) is 12. The molecule has 3 N–H and O–H groups in total. The minimum Gasteiger partial charge on any atom is -0.462 e. The lowest BCUT2D eigenvalue weighted by Gasteiger charge is -2.20. The highest BCUT2D eigenvalue weighted by molar-refractivity contribution is 7.47. The summed E-state index contributed by atoms with van der Waals surface area (Å²) in [5.41, 5.74) is 0. The Kier molecular flexibility index (Phi) is 30.8. The van der Waals surface area contributed by atoms with Crippen molar-refractivity contribution in [3.63, 3.8) is 0 Å². The summed E-state index contributed by atoms with van der Waals surface area (Å²) >= 11 is 0. The maximum atomic E-state index is 12.5. The van der Waals surface area contributed by atoms with Gasteiger partial charge in [-0.2, -0.15) is 0 Å². The normalized spacial score (nSPS) is 14.9. The molecule has 0 aliphatic carbocycles. The molecule has 49 heavy (non-hydrogen) atoms. The van der Waals surface area contributed by atoms with Gasteiger partial charge < -0.3 is 24.6 Å². The van der Waals surface area contributed by atoms with Gasteiger partial charge in [0.25, 0.3) is 0 Å². The van der Waals surface area contributed by atoms with Crippen molar-refractivity contribution in [3.8, 4) is 0 Å². The van der Waals surface area contributed by atoms with Gasteiger partial charge >= 0.3 is 19.8 Å². The Morgan fingerprint density at radius 3 is 1.98 bits per heavy atom. The van der Waals surface area contributed by atoms with Crippen LogP contribution in [0.3, 0.4) is 0 Å². The number of aliphatic hydroxyl groups is 2. The van der Waals surface area contributed by atoms with Gasteiger partial charge in [0.1, 0.15) is 12.7 Å². The fourth-order valence-corrected chi connectivity index (χ4v) is 5.56. The van der Waals surface area contributed by atoms with Gasteiger partial charge in [0.05, 0.1) is 19.8 Å². The molecule has 2 unspecified atom stereocenters. The van der Waals surface area contributed by atoms with Crippen LogP contribution < -0.4 is 0 Å². The fourth-order valence-electron chi connectivity index (χ4n) is 4.77. The SMILES string of the molecule is CCCCCC(=O)/C=C/C=C\CCCCCCCC(=O)O[C@H](COC(=O)CCCCCCCCC(C)CC)COP(=O)(O)OC[C@@H](O)CO. The van der Waals surface area contributed by atoms with Gasteiger partial charge in [-0.05, 0) is 44.1 Å². The molecule has 0 aromatic carbocycles. The van der Waals surface area contributed by atoms with Crippen LogP contribution in [0, 0.1) is 5.92 Å². The summed E-state index contributed by atoms with van der Waals surface area (Å²) in [6.45, 7) is 4.41. The number of aliphatic hydroxyl groups excluding tert-OH is 2. The van der Waals surface area contributed by atoms with Crippen LogP contribution in [0.1, 0.15) is 149 Å². The molecule has 12 heteroatoms. The van der Waals surface area contributed by atoms with E-state index in [0.29, 0.717) is 19.3 Å². The van der Waals surface area contributed by atoms with Gasteiger partial charge in [-0.3, -0.25) is 23.4 Å². The summed E-state index contributed by atoms with van der Waals surface area (Å²) in [4.78, 5) is 46.5. The Morgan fingerprint density at radius 1 is 0.735 bits per heavy atom. The molecule has 4 atom stereocenters.